The number of thiophene rings is 1. The number of aryl methyl sites for hydroxylation is 1. The lowest BCUT2D eigenvalue weighted by Crippen LogP contribution is -2.36. The van der Waals surface area contributed by atoms with Gasteiger partial charge in [-0.3, -0.25) is 14.2 Å². The van der Waals surface area contributed by atoms with Crippen LogP contribution >= 0.6 is 11.3 Å². The first-order valence-corrected chi connectivity index (χ1v) is 10.6. The lowest BCUT2D eigenvalue weighted by Gasteiger charge is -2.29. The molecular weight excluding hydrogens is 372 g/mol. The summed E-state index contributed by atoms with van der Waals surface area (Å²) < 4.78 is 2.33. The lowest BCUT2D eigenvalue weighted by atomic mass is 10.1. The first kappa shape index (κ1) is 18.7. The van der Waals surface area contributed by atoms with Crippen molar-refractivity contribution in [1.29, 1.82) is 0 Å². The van der Waals surface area contributed by atoms with Gasteiger partial charge in [0.2, 0.25) is 11.9 Å². The Balaban J connectivity index is 1.57. The molecule has 28 heavy (non-hydrogen) atoms. The van der Waals surface area contributed by atoms with E-state index >= 15 is 0 Å². The van der Waals surface area contributed by atoms with Crippen LogP contribution in [0.5, 0.6) is 0 Å². The van der Waals surface area contributed by atoms with Crippen molar-refractivity contribution in [2.45, 2.75) is 39.2 Å². The van der Waals surface area contributed by atoms with E-state index in [1.807, 2.05) is 42.6 Å². The average Bonchev–Trinajstić information content (AvgIpc) is 3.17. The Bertz CT molecular complexity index is 1050. The van der Waals surface area contributed by atoms with Gasteiger partial charge in [-0.2, -0.15) is 0 Å². The minimum atomic E-state index is -0.103. The van der Waals surface area contributed by atoms with Crippen molar-refractivity contribution in [3.05, 3.63) is 51.6 Å². The van der Waals surface area contributed by atoms with E-state index in [1.54, 1.807) is 4.57 Å². The molecule has 3 aromatic rings. The van der Waals surface area contributed by atoms with Crippen LogP contribution in [0.4, 0.5) is 11.6 Å². The van der Waals surface area contributed by atoms with Gasteiger partial charge < -0.3 is 10.2 Å². The molecule has 4 rings (SSSR count). The summed E-state index contributed by atoms with van der Waals surface area (Å²) >= 11 is 1.41. The molecular formula is C21H24N4O2S. The summed E-state index contributed by atoms with van der Waals surface area (Å²) in [5.74, 6) is 0.590. The SMILES string of the molecule is Cc1cccc(NC(=O)CCn2c(N3CCCCC3)nc3ccsc3c2=O)c1. The van der Waals surface area contributed by atoms with Crippen LogP contribution < -0.4 is 15.8 Å². The number of rotatable bonds is 5. The lowest BCUT2D eigenvalue weighted by molar-refractivity contribution is -0.116. The highest BCUT2D eigenvalue weighted by Gasteiger charge is 2.20. The maximum atomic E-state index is 13.0. The van der Waals surface area contributed by atoms with Gasteiger partial charge in [0.25, 0.3) is 5.56 Å². The van der Waals surface area contributed by atoms with Crippen LogP contribution in [0.15, 0.2) is 40.5 Å². The van der Waals surface area contributed by atoms with E-state index in [0.717, 1.165) is 42.7 Å². The molecule has 7 heteroatoms. The van der Waals surface area contributed by atoms with Gasteiger partial charge in [0.05, 0.1) is 5.52 Å². The molecule has 1 aliphatic heterocycles. The molecule has 146 valence electrons. The zero-order valence-corrected chi connectivity index (χ0v) is 16.8. The first-order valence-electron chi connectivity index (χ1n) is 9.71. The zero-order valence-electron chi connectivity index (χ0n) is 16.0. The molecule has 1 fully saturated rings. The predicted molar refractivity (Wildman–Crippen MR) is 114 cm³/mol. The fraction of sp³-hybridized carbons (Fsp3) is 0.381. The largest absolute Gasteiger partial charge is 0.342 e. The Hall–Kier alpha value is -2.67. The minimum Gasteiger partial charge on any atom is -0.342 e. The van der Waals surface area contributed by atoms with E-state index in [9.17, 15) is 9.59 Å². The quantitative estimate of drug-likeness (QED) is 0.713. The fourth-order valence-electron chi connectivity index (χ4n) is 3.63. The number of aromatic nitrogens is 2. The fourth-order valence-corrected chi connectivity index (χ4v) is 4.41. The smallest absolute Gasteiger partial charge is 0.272 e. The Morgan fingerprint density at radius 3 is 2.82 bits per heavy atom. The molecule has 6 nitrogen and oxygen atoms in total. The van der Waals surface area contributed by atoms with Gasteiger partial charge in [0.1, 0.15) is 4.70 Å². The summed E-state index contributed by atoms with van der Waals surface area (Å²) in [6.45, 7) is 4.11. The maximum absolute atomic E-state index is 13.0. The van der Waals surface area contributed by atoms with Crippen molar-refractivity contribution in [3.63, 3.8) is 0 Å². The molecule has 1 saturated heterocycles. The van der Waals surface area contributed by atoms with Gasteiger partial charge in [-0.15, -0.1) is 11.3 Å². The molecule has 0 bridgehead atoms. The second-order valence-electron chi connectivity index (χ2n) is 7.22. The first-order chi connectivity index (χ1) is 13.6. The second kappa shape index (κ2) is 8.14. The van der Waals surface area contributed by atoms with Gasteiger partial charge in [0.15, 0.2) is 0 Å². The predicted octanol–water partition coefficient (Wildman–Crippen LogP) is 3.79. The third-order valence-corrected chi connectivity index (χ3v) is 5.94. The van der Waals surface area contributed by atoms with Crippen molar-refractivity contribution in [2.75, 3.05) is 23.3 Å². The van der Waals surface area contributed by atoms with Crippen LogP contribution in [-0.2, 0) is 11.3 Å². The molecule has 1 N–H and O–H groups in total. The summed E-state index contributed by atoms with van der Waals surface area (Å²) in [7, 11) is 0. The third kappa shape index (κ3) is 3.94. The number of piperidine rings is 1. The third-order valence-electron chi connectivity index (χ3n) is 5.05. The van der Waals surface area contributed by atoms with Crippen LogP contribution in [0, 0.1) is 6.92 Å². The van der Waals surface area contributed by atoms with Crippen LogP contribution in [0.3, 0.4) is 0 Å². The number of hydrogen-bond donors (Lipinski definition) is 1. The normalized spacial score (nSPS) is 14.4. The van der Waals surface area contributed by atoms with E-state index in [2.05, 4.69) is 10.2 Å². The van der Waals surface area contributed by atoms with Crippen molar-refractivity contribution in [2.24, 2.45) is 0 Å². The molecule has 1 aromatic carbocycles. The number of carbonyl (C=O) groups excluding carboxylic acids is 1. The van der Waals surface area contributed by atoms with Gasteiger partial charge in [0, 0.05) is 31.7 Å². The monoisotopic (exact) mass is 396 g/mol. The highest BCUT2D eigenvalue weighted by Crippen LogP contribution is 2.22. The number of nitrogens with zero attached hydrogens (tertiary/aromatic N) is 3. The molecule has 2 aromatic heterocycles. The number of anilines is 2. The number of carbonyl (C=O) groups is 1. The number of benzene rings is 1. The molecule has 3 heterocycles. The highest BCUT2D eigenvalue weighted by atomic mass is 32.1. The summed E-state index contributed by atoms with van der Waals surface area (Å²) in [6, 6.07) is 9.60. The standard InChI is InChI=1S/C21H24N4O2S/c1-15-6-5-7-16(14-15)22-18(26)8-12-25-20(27)19-17(9-13-28-19)23-21(25)24-10-3-2-4-11-24/h5-7,9,13-14H,2-4,8,10-12H2,1H3,(H,22,26). The van der Waals surface area contributed by atoms with Crippen LogP contribution in [-0.4, -0.2) is 28.5 Å². The average molecular weight is 397 g/mol. The molecule has 1 amide bonds. The van der Waals surface area contributed by atoms with Crippen LogP contribution in [0.1, 0.15) is 31.2 Å². The number of hydrogen-bond acceptors (Lipinski definition) is 5. The van der Waals surface area contributed by atoms with E-state index in [1.165, 1.54) is 17.8 Å². The highest BCUT2D eigenvalue weighted by molar-refractivity contribution is 7.17. The molecule has 1 aliphatic rings. The van der Waals surface area contributed by atoms with Gasteiger partial charge in [-0.25, -0.2) is 4.98 Å². The molecule has 0 spiro atoms. The van der Waals surface area contributed by atoms with E-state index in [-0.39, 0.29) is 17.9 Å². The maximum Gasteiger partial charge on any atom is 0.272 e. The van der Waals surface area contributed by atoms with E-state index in [4.69, 9.17) is 4.98 Å². The number of amides is 1. The van der Waals surface area contributed by atoms with Crippen molar-refractivity contribution in [1.82, 2.24) is 9.55 Å². The second-order valence-corrected chi connectivity index (χ2v) is 8.14. The Kier molecular flexibility index (Phi) is 5.43. The van der Waals surface area contributed by atoms with Crippen LogP contribution in [0.25, 0.3) is 10.2 Å². The van der Waals surface area contributed by atoms with Gasteiger partial charge in [-0.05, 0) is 55.3 Å². The molecule has 0 aliphatic carbocycles. The molecule has 0 saturated carbocycles. The minimum absolute atomic E-state index is 0.0519. The Morgan fingerprint density at radius 1 is 1.21 bits per heavy atom. The van der Waals surface area contributed by atoms with Gasteiger partial charge >= 0.3 is 0 Å². The number of fused-ring (bicyclic) bond motifs is 1. The van der Waals surface area contributed by atoms with E-state index in [0.29, 0.717) is 17.2 Å². The summed E-state index contributed by atoms with van der Waals surface area (Å²) in [5, 5.41) is 4.81. The molecule has 0 atom stereocenters. The number of nitrogens with one attached hydrogen (secondary N) is 1. The molecule has 0 unspecified atom stereocenters. The Labute approximate surface area is 167 Å². The van der Waals surface area contributed by atoms with Crippen molar-refractivity contribution < 1.29 is 4.79 Å². The summed E-state index contributed by atoms with van der Waals surface area (Å²) in [6.07, 6.45) is 3.64. The van der Waals surface area contributed by atoms with Crippen LogP contribution in [0.2, 0.25) is 0 Å². The zero-order chi connectivity index (χ0) is 19.5. The molecule has 0 radical (unpaired) electrons. The van der Waals surface area contributed by atoms with E-state index < -0.39 is 0 Å². The summed E-state index contributed by atoms with van der Waals surface area (Å²) in [4.78, 5) is 32.4. The summed E-state index contributed by atoms with van der Waals surface area (Å²) in [5.41, 5.74) is 2.56. The van der Waals surface area contributed by atoms with Gasteiger partial charge in [-0.1, -0.05) is 12.1 Å². The van der Waals surface area contributed by atoms with Crippen molar-refractivity contribution >= 4 is 39.1 Å². The topological polar surface area (TPSA) is 67.2 Å². The Morgan fingerprint density at radius 2 is 2.04 bits per heavy atom. The van der Waals surface area contributed by atoms with Crippen molar-refractivity contribution in [3.8, 4) is 0 Å².